The second-order valence-corrected chi connectivity index (χ2v) is 5.94. The molecule has 0 spiro atoms. The van der Waals surface area contributed by atoms with Gasteiger partial charge in [-0.1, -0.05) is 0 Å². The van der Waals surface area contributed by atoms with Gasteiger partial charge in [-0.05, 0) is 40.2 Å². The molecule has 26 heavy (non-hydrogen) atoms. The zero-order valence-corrected chi connectivity index (χ0v) is 15.6. The molecule has 0 aliphatic heterocycles. The van der Waals surface area contributed by atoms with Crippen LogP contribution in [-0.2, 0) is 0 Å². The van der Waals surface area contributed by atoms with Gasteiger partial charge in [0, 0.05) is 18.7 Å². The minimum atomic E-state index is 0.559. The number of rotatable bonds is 9. The number of hydrogen-bond donors (Lipinski definition) is 2. The van der Waals surface area contributed by atoms with Crippen molar-refractivity contribution in [1.82, 2.24) is 19.6 Å². The topological polar surface area (TPSA) is 99.6 Å². The highest BCUT2D eigenvalue weighted by atomic mass is 16.5. The van der Waals surface area contributed by atoms with Crippen molar-refractivity contribution in [2.45, 2.75) is 33.6 Å². The van der Waals surface area contributed by atoms with Gasteiger partial charge >= 0.3 is 0 Å². The summed E-state index contributed by atoms with van der Waals surface area (Å²) in [7, 11) is 0. The molecular weight excluding hydrogens is 332 g/mol. The second kappa shape index (κ2) is 8.18. The summed E-state index contributed by atoms with van der Waals surface area (Å²) in [5.41, 5.74) is 7.96. The number of aromatic nitrogens is 4. The van der Waals surface area contributed by atoms with Gasteiger partial charge in [-0.15, -0.1) is 10.2 Å². The zero-order valence-electron chi connectivity index (χ0n) is 15.6. The number of ether oxygens (including phenoxy) is 2. The van der Waals surface area contributed by atoms with Crippen LogP contribution in [0.5, 0.6) is 11.5 Å². The summed E-state index contributed by atoms with van der Waals surface area (Å²) in [4.78, 5) is 4.76. The highest BCUT2D eigenvalue weighted by Gasteiger charge is 2.16. The van der Waals surface area contributed by atoms with Crippen LogP contribution in [-0.4, -0.2) is 45.9 Å². The smallest absolute Gasteiger partial charge is 0.204 e. The Balaban J connectivity index is 2.12. The molecule has 0 saturated heterocycles. The molecule has 3 N–H and O–H groups in total. The van der Waals surface area contributed by atoms with E-state index < -0.39 is 0 Å². The molecule has 0 radical (unpaired) electrons. The first-order valence-electron chi connectivity index (χ1n) is 9.08. The Morgan fingerprint density at radius 3 is 2.50 bits per heavy atom. The fourth-order valence-corrected chi connectivity index (χ4v) is 2.91. The van der Waals surface area contributed by atoms with Crippen LogP contribution in [0.1, 0.15) is 32.5 Å². The Hall–Kier alpha value is -2.61. The average Bonchev–Trinajstić information content (AvgIpc) is 3.02. The first kappa shape index (κ1) is 18.2. The maximum atomic E-state index is 5.75. The van der Waals surface area contributed by atoms with E-state index in [1.165, 1.54) is 0 Å². The van der Waals surface area contributed by atoms with Gasteiger partial charge in [-0.2, -0.15) is 0 Å². The van der Waals surface area contributed by atoms with E-state index in [9.17, 15) is 0 Å². The van der Waals surface area contributed by atoms with Crippen LogP contribution in [0.15, 0.2) is 12.1 Å². The molecule has 0 amide bonds. The Morgan fingerprint density at radius 1 is 1.08 bits per heavy atom. The predicted octanol–water partition coefficient (Wildman–Crippen LogP) is 2.53. The molecule has 0 saturated carbocycles. The minimum absolute atomic E-state index is 0.559. The van der Waals surface area contributed by atoms with E-state index in [2.05, 4.69) is 15.5 Å². The molecule has 1 aromatic carbocycles. The van der Waals surface area contributed by atoms with E-state index in [4.69, 9.17) is 20.2 Å². The second-order valence-electron chi connectivity index (χ2n) is 5.94. The Labute approximate surface area is 152 Å². The number of anilines is 1. The summed E-state index contributed by atoms with van der Waals surface area (Å²) in [6, 6.07) is 3.85. The number of hydrogen-bond acceptors (Lipinski definition) is 7. The molecular formula is C18H26N6O2. The number of aryl methyl sites for hydroxylation is 1. The maximum absolute atomic E-state index is 5.75. The van der Waals surface area contributed by atoms with Crippen molar-refractivity contribution in [3.8, 4) is 11.5 Å². The molecule has 8 heteroatoms. The first-order valence-corrected chi connectivity index (χ1v) is 9.08. The van der Waals surface area contributed by atoms with Crippen LogP contribution in [0.3, 0.4) is 0 Å². The van der Waals surface area contributed by atoms with Crippen LogP contribution in [0, 0.1) is 6.92 Å². The van der Waals surface area contributed by atoms with Gasteiger partial charge < -0.3 is 20.5 Å². The van der Waals surface area contributed by atoms with Gasteiger partial charge in [-0.25, -0.2) is 4.98 Å². The van der Waals surface area contributed by atoms with Crippen LogP contribution in [0.25, 0.3) is 16.7 Å². The van der Waals surface area contributed by atoms with Crippen LogP contribution < -0.4 is 20.5 Å². The molecule has 3 rings (SSSR count). The van der Waals surface area contributed by atoms with Crippen molar-refractivity contribution in [2.24, 2.45) is 5.73 Å². The van der Waals surface area contributed by atoms with E-state index in [1.807, 2.05) is 37.3 Å². The van der Waals surface area contributed by atoms with Gasteiger partial charge in [0.05, 0.1) is 24.2 Å². The van der Waals surface area contributed by atoms with Gasteiger partial charge in [-0.3, -0.25) is 4.40 Å². The van der Waals surface area contributed by atoms with Gasteiger partial charge in [0.2, 0.25) is 5.65 Å². The molecule has 0 aliphatic carbocycles. The minimum Gasteiger partial charge on any atom is -0.490 e. The monoisotopic (exact) mass is 358 g/mol. The van der Waals surface area contributed by atoms with E-state index >= 15 is 0 Å². The third-order valence-electron chi connectivity index (χ3n) is 4.07. The van der Waals surface area contributed by atoms with Crippen molar-refractivity contribution in [2.75, 3.05) is 31.6 Å². The molecule has 0 fully saturated rings. The number of nitrogens with zero attached hydrogens (tertiary/aromatic N) is 4. The van der Waals surface area contributed by atoms with Gasteiger partial charge in [0.15, 0.2) is 17.3 Å². The van der Waals surface area contributed by atoms with Gasteiger partial charge in [0.1, 0.15) is 5.82 Å². The molecule has 2 heterocycles. The SMILES string of the molecule is CCOc1cc2nc(NCCCCN)c3nnc(C)n3c2cc1OCC. The molecule has 0 bridgehead atoms. The molecule has 0 atom stereocenters. The lowest BCUT2D eigenvalue weighted by Crippen LogP contribution is -2.09. The van der Waals surface area contributed by atoms with Crippen molar-refractivity contribution in [3.05, 3.63) is 18.0 Å². The first-order chi connectivity index (χ1) is 12.7. The lowest BCUT2D eigenvalue weighted by atomic mass is 10.2. The fraction of sp³-hybridized carbons (Fsp3) is 0.500. The number of nitrogens with two attached hydrogens (primary N) is 1. The number of unbranched alkanes of at least 4 members (excludes halogenated alkanes) is 1. The molecule has 140 valence electrons. The molecule has 3 aromatic rings. The van der Waals surface area contributed by atoms with Gasteiger partial charge in [0.25, 0.3) is 0 Å². The van der Waals surface area contributed by atoms with Crippen molar-refractivity contribution in [1.29, 1.82) is 0 Å². The summed E-state index contributed by atoms with van der Waals surface area (Å²) in [6.07, 6.45) is 1.94. The quantitative estimate of drug-likeness (QED) is 0.567. The van der Waals surface area contributed by atoms with Crippen LogP contribution in [0.2, 0.25) is 0 Å². The molecule has 0 aliphatic rings. The lowest BCUT2D eigenvalue weighted by Gasteiger charge is -2.14. The van der Waals surface area contributed by atoms with Crippen molar-refractivity contribution >= 4 is 22.5 Å². The van der Waals surface area contributed by atoms with Crippen molar-refractivity contribution in [3.63, 3.8) is 0 Å². The highest BCUT2D eigenvalue weighted by Crippen LogP contribution is 2.33. The zero-order chi connectivity index (χ0) is 18.5. The van der Waals surface area contributed by atoms with E-state index in [0.29, 0.717) is 42.7 Å². The fourth-order valence-electron chi connectivity index (χ4n) is 2.91. The molecule has 0 unspecified atom stereocenters. The van der Waals surface area contributed by atoms with E-state index in [0.717, 1.165) is 36.2 Å². The van der Waals surface area contributed by atoms with E-state index in [1.54, 1.807) is 0 Å². The summed E-state index contributed by atoms with van der Waals surface area (Å²) in [5, 5.41) is 11.9. The number of fused-ring (bicyclic) bond motifs is 3. The Kier molecular flexibility index (Phi) is 5.72. The number of benzene rings is 1. The Morgan fingerprint density at radius 2 is 1.81 bits per heavy atom. The molecule has 2 aromatic heterocycles. The standard InChI is InChI=1S/C18H26N6O2/c1-4-25-15-10-13-14(11-16(15)26-5-2)24-12(3)22-23-18(24)17(21-13)20-9-7-6-8-19/h10-11H,4-9,19H2,1-3H3,(H,20,21). The van der Waals surface area contributed by atoms with Crippen LogP contribution >= 0.6 is 0 Å². The normalized spacial score (nSPS) is 11.2. The highest BCUT2D eigenvalue weighted by molar-refractivity contribution is 5.85. The van der Waals surface area contributed by atoms with Crippen LogP contribution in [0.4, 0.5) is 5.82 Å². The Bertz CT molecular complexity index is 892. The third-order valence-corrected chi connectivity index (χ3v) is 4.07. The average molecular weight is 358 g/mol. The summed E-state index contributed by atoms with van der Waals surface area (Å²) < 4.78 is 13.5. The molecule has 8 nitrogen and oxygen atoms in total. The summed E-state index contributed by atoms with van der Waals surface area (Å²) >= 11 is 0. The largest absolute Gasteiger partial charge is 0.490 e. The number of nitrogens with one attached hydrogen (secondary N) is 1. The summed E-state index contributed by atoms with van der Waals surface area (Å²) in [6.45, 7) is 8.41. The van der Waals surface area contributed by atoms with E-state index in [-0.39, 0.29) is 0 Å². The lowest BCUT2D eigenvalue weighted by molar-refractivity contribution is 0.288. The summed E-state index contributed by atoms with van der Waals surface area (Å²) in [5.74, 6) is 2.89. The van der Waals surface area contributed by atoms with Crippen molar-refractivity contribution < 1.29 is 9.47 Å². The third kappa shape index (κ3) is 3.50. The predicted molar refractivity (Wildman–Crippen MR) is 102 cm³/mol. The maximum Gasteiger partial charge on any atom is 0.204 e.